The van der Waals surface area contributed by atoms with Crippen molar-refractivity contribution in [2.75, 3.05) is 42.9 Å². The molecule has 1 amide bonds. The Morgan fingerprint density at radius 2 is 1.93 bits per heavy atom. The maximum absolute atomic E-state index is 12.5. The fourth-order valence-electron chi connectivity index (χ4n) is 3.40. The highest BCUT2D eigenvalue weighted by Gasteiger charge is 2.20. The average Bonchev–Trinajstić information content (AvgIpc) is 3.19. The Hall–Kier alpha value is -2.77. The molecule has 0 spiro atoms. The molecule has 29 heavy (non-hydrogen) atoms. The van der Waals surface area contributed by atoms with Crippen LogP contribution in [0.3, 0.4) is 0 Å². The normalized spacial score (nSPS) is 14.8. The van der Waals surface area contributed by atoms with Crippen LogP contribution >= 0.6 is 11.3 Å². The van der Waals surface area contributed by atoms with E-state index in [0.29, 0.717) is 11.7 Å². The molecule has 1 saturated heterocycles. The summed E-state index contributed by atoms with van der Waals surface area (Å²) in [7, 11) is 0. The minimum atomic E-state index is -0.0164. The zero-order chi connectivity index (χ0) is 20.2. The molecule has 1 aliphatic rings. The van der Waals surface area contributed by atoms with E-state index in [1.54, 1.807) is 0 Å². The molecule has 3 aromatic rings. The van der Waals surface area contributed by atoms with Crippen molar-refractivity contribution in [3.05, 3.63) is 59.1 Å². The van der Waals surface area contributed by atoms with Gasteiger partial charge in [-0.25, -0.2) is 9.97 Å². The lowest BCUT2D eigenvalue weighted by Crippen LogP contribution is -2.48. The number of thiazole rings is 1. The van der Waals surface area contributed by atoms with Gasteiger partial charge in [-0.2, -0.15) is 0 Å². The van der Waals surface area contributed by atoms with E-state index >= 15 is 0 Å². The van der Waals surface area contributed by atoms with E-state index in [1.807, 2.05) is 29.8 Å². The second kappa shape index (κ2) is 8.71. The average molecular weight is 408 g/mol. The maximum atomic E-state index is 12.5. The van der Waals surface area contributed by atoms with E-state index in [0.717, 1.165) is 43.3 Å². The molecule has 1 fully saturated rings. The van der Waals surface area contributed by atoms with Crippen LogP contribution in [0.5, 0.6) is 0 Å². The number of piperazine rings is 1. The summed E-state index contributed by atoms with van der Waals surface area (Å²) >= 11 is 1.46. The molecule has 0 radical (unpaired) electrons. The Morgan fingerprint density at radius 1 is 1.10 bits per heavy atom. The molecule has 0 aliphatic carbocycles. The third-order valence-corrected chi connectivity index (χ3v) is 6.02. The van der Waals surface area contributed by atoms with Crippen molar-refractivity contribution < 1.29 is 4.79 Å². The number of aryl methyl sites for hydroxylation is 2. The molecule has 0 atom stereocenters. The van der Waals surface area contributed by atoms with Gasteiger partial charge in [-0.05, 0) is 43.2 Å². The minimum absolute atomic E-state index is 0.0164. The Kier molecular flexibility index (Phi) is 5.87. The van der Waals surface area contributed by atoms with E-state index < -0.39 is 0 Å². The van der Waals surface area contributed by atoms with Gasteiger partial charge in [0.2, 0.25) is 5.91 Å². The highest BCUT2D eigenvalue weighted by atomic mass is 32.1. The van der Waals surface area contributed by atoms with Crippen molar-refractivity contribution in [3.63, 3.8) is 0 Å². The Labute approximate surface area is 175 Å². The number of nitrogens with one attached hydrogen (secondary N) is 1. The second-order valence-corrected chi connectivity index (χ2v) is 8.19. The first-order valence-corrected chi connectivity index (χ1v) is 10.7. The highest BCUT2D eigenvalue weighted by molar-refractivity contribution is 7.14. The van der Waals surface area contributed by atoms with Crippen LogP contribution < -0.4 is 10.2 Å². The molecule has 0 unspecified atom stereocenters. The van der Waals surface area contributed by atoms with E-state index in [1.165, 1.54) is 22.5 Å². The lowest BCUT2D eigenvalue weighted by Gasteiger charge is -2.34. The van der Waals surface area contributed by atoms with Crippen LogP contribution in [-0.2, 0) is 4.79 Å². The number of hydrogen-bond acceptors (Lipinski definition) is 6. The maximum Gasteiger partial charge on any atom is 0.240 e. The zero-order valence-electron chi connectivity index (χ0n) is 16.8. The third kappa shape index (κ3) is 4.81. The van der Waals surface area contributed by atoms with E-state index in [9.17, 15) is 4.79 Å². The van der Waals surface area contributed by atoms with Crippen LogP contribution in [0.1, 0.15) is 11.1 Å². The van der Waals surface area contributed by atoms with Gasteiger partial charge in [0.05, 0.1) is 12.2 Å². The van der Waals surface area contributed by atoms with Crippen molar-refractivity contribution in [2.24, 2.45) is 0 Å². The predicted molar refractivity (Wildman–Crippen MR) is 119 cm³/mol. The van der Waals surface area contributed by atoms with Gasteiger partial charge in [0.1, 0.15) is 5.82 Å². The topological polar surface area (TPSA) is 61.4 Å². The molecular weight excluding hydrogens is 382 g/mol. The van der Waals surface area contributed by atoms with E-state index in [-0.39, 0.29) is 5.91 Å². The predicted octanol–water partition coefficient (Wildman–Crippen LogP) is 3.58. The van der Waals surface area contributed by atoms with Gasteiger partial charge < -0.3 is 10.2 Å². The van der Waals surface area contributed by atoms with Crippen LogP contribution in [0.25, 0.3) is 11.3 Å². The number of carbonyl (C=O) groups is 1. The number of hydrogen-bond donors (Lipinski definition) is 1. The summed E-state index contributed by atoms with van der Waals surface area (Å²) in [6.45, 7) is 8.01. The third-order valence-electron chi connectivity index (χ3n) is 5.27. The molecule has 0 saturated carbocycles. The quantitative estimate of drug-likeness (QED) is 0.700. The van der Waals surface area contributed by atoms with Crippen LogP contribution in [0.2, 0.25) is 0 Å². The summed E-state index contributed by atoms with van der Waals surface area (Å²) in [5.41, 5.74) is 4.49. The Bertz CT molecular complexity index is 980. The smallest absolute Gasteiger partial charge is 0.240 e. The first-order chi connectivity index (χ1) is 14.1. The first-order valence-electron chi connectivity index (χ1n) is 9.80. The lowest BCUT2D eigenvalue weighted by molar-refractivity contribution is -0.117. The summed E-state index contributed by atoms with van der Waals surface area (Å²) in [5.74, 6) is 0.982. The standard InChI is InChI=1S/C22H25N5OS/c1-16-6-7-18(13-17(16)2)19-15-29-22(24-19)25-21(28)14-26-9-11-27(12-10-26)20-5-3-4-8-23-20/h3-8,13,15H,9-12,14H2,1-2H3,(H,24,25,28). The fourth-order valence-corrected chi connectivity index (χ4v) is 4.14. The molecule has 150 valence electrons. The lowest BCUT2D eigenvalue weighted by atomic mass is 10.1. The van der Waals surface area contributed by atoms with Gasteiger partial charge in [0, 0.05) is 43.3 Å². The number of rotatable bonds is 5. The van der Waals surface area contributed by atoms with Crippen LogP contribution in [0.4, 0.5) is 10.9 Å². The highest BCUT2D eigenvalue weighted by Crippen LogP contribution is 2.26. The van der Waals surface area contributed by atoms with Crippen LogP contribution in [-0.4, -0.2) is 53.5 Å². The number of nitrogens with zero attached hydrogens (tertiary/aromatic N) is 4. The second-order valence-electron chi connectivity index (χ2n) is 7.34. The van der Waals surface area contributed by atoms with E-state index in [4.69, 9.17) is 0 Å². The summed E-state index contributed by atoms with van der Waals surface area (Å²) in [5, 5.41) is 5.59. The first kappa shape index (κ1) is 19.5. The summed E-state index contributed by atoms with van der Waals surface area (Å²) < 4.78 is 0. The molecule has 1 aromatic carbocycles. The summed E-state index contributed by atoms with van der Waals surface area (Å²) in [6.07, 6.45) is 1.81. The molecule has 0 bridgehead atoms. The van der Waals surface area contributed by atoms with E-state index in [2.05, 4.69) is 57.1 Å². The number of anilines is 2. The zero-order valence-corrected chi connectivity index (χ0v) is 17.6. The van der Waals surface area contributed by atoms with Gasteiger partial charge >= 0.3 is 0 Å². The van der Waals surface area contributed by atoms with Crippen molar-refractivity contribution >= 4 is 28.2 Å². The Balaban J connectivity index is 1.29. The number of amides is 1. The number of carbonyl (C=O) groups excluding carboxylic acids is 1. The van der Waals surface area contributed by atoms with Gasteiger partial charge in [-0.3, -0.25) is 9.69 Å². The van der Waals surface area contributed by atoms with Gasteiger partial charge in [0.15, 0.2) is 5.13 Å². The molecule has 4 rings (SSSR count). The molecule has 2 aromatic heterocycles. The van der Waals surface area contributed by atoms with Gasteiger partial charge in [0.25, 0.3) is 0 Å². The van der Waals surface area contributed by atoms with Crippen LogP contribution in [0, 0.1) is 13.8 Å². The fraction of sp³-hybridized carbons (Fsp3) is 0.318. The van der Waals surface area contributed by atoms with Crippen LogP contribution in [0.15, 0.2) is 48.0 Å². The van der Waals surface area contributed by atoms with Crippen molar-refractivity contribution in [1.82, 2.24) is 14.9 Å². The number of benzene rings is 1. The summed E-state index contributed by atoms with van der Waals surface area (Å²) in [6, 6.07) is 12.3. The summed E-state index contributed by atoms with van der Waals surface area (Å²) in [4.78, 5) is 25.9. The Morgan fingerprint density at radius 3 is 2.66 bits per heavy atom. The SMILES string of the molecule is Cc1ccc(-c2csc(NC(=O)CN3CCN(c4ccccn4)CC3)n2)cc1C. The number of aromatic nitrogens is 2. The monoisotopic (exact) mass is 407 g/mol. The molecule has 1 N–H and O–H groups in total. The minimum Gasteiger partial charge on any atom is -0.354 e. The molecule has 7 heteroatoms. The van der Waals surface area contributed by atoms with Crippen molar-refractivity contribution in [1.29, 1.82) is 0 Å². The largest absolute Gasteiger partial charge is 0.354 e. The molecule has 3 heterocycles. The molecular formula is C22H25N5OS. The molecule has 1 aliphatic heterocycles. The van der Waals surface area contributed by atoms with Gasteiger partial charge in [-0.15, -0.1) is 11.3 Å². The number of pyridine rings is 1. The molecule has 6 nitrogen and oxygen atoms in total. The van der Waals surface area contributed by atoms with Crippen molar-refractivity contribution in [2.45, 2.75) is 13.8 Å². The van der Waals surface area contributed by atoms with Gasteiger partial charge in [-0.1, -0.05) is 18.2 Å². The van der Waals surface area contributed by atoms with Crippen molar-refractivity contribution in [3.8, 4) is 11.3 Å².